The molecule has 1 aromatic carbocycles. The Labute approximate surface area is 143 Å². The molecule has 0 aliphatic carbocycles. The Morgan fingerprint density at radius 3 is 2.73 bits per heavy atom. The maximum atomic E-state index is 12.8. The van der Waals surface area contributed by atoms with Crippen LogP contribution in [0.3, 0.4) is 0 Å². The second-order valence-electron chi connectivity index (χ2n) is 4.98. The summed E-state index contributed by atoms with van der Waals surface area (Å²) in [4.78, 5) is 11.7. The van der Waals surface area contributed by atoms with Crippen molar-refractivity contribution in [3.8, 4) is 11.3 Å². The zero-order valence-electron chi connectivity index (χ0n) is 12.8. The van der Waals surface area contributed by atoms with Crippen molar-refractivity contribution >= 4 is 17.9 Å². The van der Waals surface area contributed by atoms with Crippen LogP contribution in [0.25, 0.3) is 11.3 Å². The van der Waals surface area contributed by atoms with Gasteiger partial charge in [-0.25, -0.2) is 10.1 Å². The number of aromatic nitrogens is 2. The maximum absolute atomic E-state index is 12.8. The first-order valence-electron chi connectivity index (χ1n) is 7.03. The highest BCUT2D eigenvalue weighted by molar-refractivity contribution is 5.96. The van der Waals surface area contributed by atoms with Crippen LogP contribution in [0, 0.1) is 0 Å². The average molecular weight is 365 g/mol. The SMILES string of the molecule is Nc1nonc1C(=O)N/N=C/c1ccc(-c2cccc(C(F)(F)F)c2)o1. The fourth-order valence-electron chi connectivity index (χ4n) is 1.99. The summed E-state index contributed by atoms with van der Waals surface area (Å²) in [5, 5.41) is 10.2. The second-order valence-corrected chi connectivity index (χ2v) is 4.98. The highest BCUT2D eigenvalue weighted by Gasteiger charge is 2.30. The Balaban J connectivity index is 1.70. The molecule has 0 unspecified atom stereocenters. The molecule has 3 N–H and O–H groups in total. The van der Waals surface area contributed by atoms with E-state index in [9.17, 15) is 18.0 Å². The number of nitrogens with one attached hydrogen (secondary N) is 1. The third-order valence-electron chi connectivity index (χ3n) is 3.19. The van der Waals surface area contributed by atoms with Crippen molar-refractivity contribution in [2.75, 3.05) is 5.73 Å². The number of hydrazone groups is 1. The van der Waals surface area contributed by atoms with Crippen LogP contribution >= 0.6 is 0 Å². The number of anilines is 1. The summed E-state index contributed by atoms with van der Waals surface area (Å²) in [6.07, 6.45) is -3.28. The number of nitrogens with two attached hydrogens (primary N) is 1. The highest BCUT2D eigenvalue weighted by atomic mass is 19.4. The molecule has 3 rings (SSSR count). The first-order chi connectivity index (χ1) is 12.3. The van der Waals surface area contributed by atoms with Crippen molar-refractivity contribution in [1.29, 1.82) is 0 Å². The lowest BCUT2D eigenvalue weighted by Gasteiger charge is -2.07. The van der Waals surface area contributed by atoms with Gasteiger partial charge in [-0.15, -0.1) is 0 Å². The standard InChI is InChI=1S/C15H10F3N5O3/c16-15(17,18)9-3-1-2-8(6-9)11-5-4-10(25-11)7-20-21-14(24)12-13(19)23-26-22-12/h1-7H,(H2,19,23)(H,21,24)/b20-7+. The lowest BCUT2D eigenvalue weighted by Crippen LogP contribution is -2.19. The number of nitrogen functional groups attached to an aromatic ring is 1. The number of alkyl halides is 3. The van der Waals surface area contributed by atoms with Crippen LogP contribution in [0.15, 0.2) is 50.5 Å². The number of halogens is 3. The molecule has 0 spiro atoms. The minimum absolute atomic E-state index is 0.192. The molecule has 0 radical (unpaired) electrons. The van der Waals surface area contributed by atoms with Crippen molar-refractivity contribution in [3.63, 3.8) is 0 Å². The fourth-order valence-corrected chi connectivity index (χ4v) is 1.99. The summed E-state index contributed by atoms with van der Waals surface area (Å²) in [5.74, 6) is -0.509. The van der Waals surface area contributed by atoms with Crippen LogP contribution in [0.4, 0.5) is 19.0 Å². The Morgan fingerprint density at radius 2 is 2.04 bits per heavy atom. The first-order valence-corrected chi connectivity index (χ1v) is 7.03. The molecule has 2 heterocycles. The molecule has 0 bridgehead atoms. The highest BCUT2D eigenvalue weighted by Crippen LogP contribution is 2.32. The van der Waals surface area contributed by atoms with Crippen LogP contribution < -0.4 is 11.2 Å². The van der Waals surface area contributed by atoms with Gasteiger partial charge < -0.3 is 10.2 Å². The van der Waals surface area contributed by atoms with Crippen molar-refractivity contribution in [2.24, 2.45) is 5.10 Å². The molecule has 3 aromatic rings. The van der Waals surface area contributed by atoms with E-state index in [1.54, 1.807) is 0 Å². The van der Waals surface area contributed by atoms with Crippen molar-refractivity contribution in [3.05, 3.63) is 53.4 Å². The summed E-state index contributed by atoms with van der Waals surface area (Å²) in [6.45, 7) is 0. The van der Waals surface area contributed by atoms with Crippen LogP contribution in [0.5, 0.6) is 0 Å². The number of carbonyl (C=O) groups is 1. The molecule has 26 heavy (non-hydrogen) atoms. The van der Waals surface area contributed by atoms with E-state index in [1.165, 1.54) is 30.5 Å². The third kappa shape index (κ3) is 3.71. The predicted octanol–water partition coefficient (Wildman–Crippen LogP) is 2.69. The topological polar surface area (TPSA) is 120 Å². The van der Waals surface area contributed by atoms with Crippen LogP contribution in [-0.4, -0.2) is 22.4 Å². The van der Waals surface area contributed by atoms with Crippen LogP contribution in [-0.2, 0) is 6.18 Å². The molecule has 11 heteroatoms. The number of benzene rings is 1. The zero-order valence-corrected chi connectivity index (χ0v) is 12.8. The van der Waals surface area contributed by atoms with Gasteiger partial charge in [0.1, 0.15) is 11.5 Å². The lowest BCUT2D eigenvalue weighted by molar-refractivity contribution is -0.137. The van der Waals surface area contributed by atoms with Gasteiger partial charge in [-0.2, -0.15) is 18.3 Å². The monoisotopic (exact) mass is 365 g/mol. The quantitative estimate of drug-likeness (QED) is 0.542. The van der Waals surface area contributed by atoms with Gasteiger partial charge in [0.25, 0.3) is 5.91 Å². The van der Waals surface area contributed by atoms with Gasteiger partial charge >= 0.3 is 6.18 Å². The number of nitrogens with zero attached hydrogens (tertiary/aromatic N) is 3. The van der Waals surface area contributed by atoms with E-state index in [1.807, 2.05) is 0 Å². The van der Waals surface area contributed by atoms with Crippen LogP contribution in [0.1, 0.15) is 21.8 Å². The zero-order chi connectivity index (χ0) is 18.7. The van der Waals surface area contributed by atoms with Gasteiger partial charge in [-0.05, 0) is 34.6 Å². The molecule has 134 valence electrons. The Morgan fingerprint density at radius 1 is 1.23 bits per heavy atom. The minimum Gasteiger partial charge on any atom is -0.455 e. The van der Waals surface area contributed by atoms with Gasteiger partial charge in [0, 0.05) is 5.56 Å². The molecule has 0 saturated carbocycles. The van der Waals surface area contributed by atoms with E-state index in [0.717, 1.165) is 12.1 Å². The average Bonchev–Trinajstić information content (AvgIpc) is 3.23. The molecule has 0 saturated heterocycles. The van der Waals surface area contributed by atoms with E-state index >= 15 is 0 Å². The Bertz CT molecular complexity index is 961. The minimum atomic E-state index is -4.45. The van der Waals surface area contributed by atoms with E-state index in [0.29, 0.717) is 0 Å². The van der Waals surface area contributed by atoms with Crippen molar-refractivity contribution in [1.82, 2.24) is 15.7 Å². The van der Waals surface area contributed by atoms with Gasteiger partial charge in [-0.1, -0.05) is 12.1 Å². The maximum Gasteiger partial charge on any atom is 0.416 e. The summed E-state index contributed by atoms with van der Waals surface area (Å²) < 4.78 is 48.0. The largest absolute Gasteiger partial charge is 0.455 e. The van der Waals surface area contributed by atoms with Gasteiger partial charge in [-0.3, -0.25) is 4.79 Å². The van der Waals surface area contributed by atoms with E-state index in [-0.39, 0.29) is 28.6 Å². The van der Waals surface area contributed by atoms with Gasteiger partial charge in [0.2, 0.25) is 11.5 Å². The van der Waals surface area contributed by atoms with Crippen molar-refractivity contribution < 1.29 is 27.0 Å². The number of furan rings is 1. The van der Waals surface area contributed by atoms with Crippen molar-refractivity contribution in [2.45, 2.75) is 6.18 Å². The van der Waals surface area contributed by atoms with E-state index < -0.39 is 17.6 Å². The predicted molar refractivity (Wildman–Crippen MR) is 82.9 cm³/mol. The summed E-state index contributed by atoms with van der Waals surface area (Å²) in [7, 11) is 0. The summed E-state index contributed by atoms with van der Waals surface area (Å²) in [6, 6.07) is 7.67. The third-order valence-corrected chi connectivity index (χ3v) is 3.19. The number of rotatable bonds is 4. The Kier molecular flexibility index (Phi) is 4.43. The van der Waals surface area contributed by atoms with Crippen LogP contribution in [0.2, 0.25) is 0 Å². The number of amides is 1. The number of hydrogen-bond donors (Lipinski definition) is 2. The number of carbonyl (C=O) groups excluding carboxylic acids is 1. The lowest BCUT2D eigenvalue weighted by atomic mass is 10.1. The molecular formula is C15H10F3N5O3. The van der Waals surface area contributed by atoms with E-state index in [4.69, 9.17) is 10.2 Å². The first kappa shape index (κ1) is 17.2. The summed E-state index contributed by atoms with van der Waals surface area (Å²) in [5.41, 5.74) is 6.73. The molecule has 2 aromatic heterocycles. The Hall–Kier alpha value is -3.63. The molecule has 0 aliphatic rings. The molecule has 0 aliphatic heterocycles. The van der Waals surface area contributed by atoms with Gasteiger partial charge in [0.05, 0.1) is 11.8 Å². The summed E-state index contributed by atoms with van der Waals surface area (Å²) >= 11 is 0. The van der Waals surface area contributed by atoms with Gasteiger partial charge in [0.15, 0.2) is 0 Å². The molecule has 0 fully saturated rings. The van der Waals surface area contributed by atoms with E-state index in [2.05, 4.69) is 25.5 Å². The molecule has 1 amide bonds. The number of hydrogen-bond acceptors (Lipinski definition) is 7. The smallest absolute Gasteiger partial charge is 0.416 e. The molecular weight excluding hydrogens is 355 g/mol. The molecule has 8 nitrogen and oxygen atoms in total. The molecule has 0 atom stereocenters. The second kappa shape index (κ2) is 6.70. The fraction of sp³-hybridized carbons (Fsp3) is 0.0667. The normalized spacial score (nSPS) is 11.8.